The van der Waals surface area contributed by atoms with Crippen LogP contribution in [-0.4, -0.2) is 40.5 Å². The highest BCUT2D eigenvalue weighted by atomic mass is 16.5. The summed E-state index contributed by atoms with van der Waals surface area (Å²) >= 11 is 0. The lowest BCUT2D eigenvalue weighted by Gasteiger charge is -2.04. The van der Waals surface area contributed by atoms with Crippen LogP contribution in [0.15, 0.2) is 17.3 Å². The fraction of sp³-hybridized carbons (Fsp3) is 0.462. The lowest BCUT2D eigenvalue weighted by atomic mass is 10.2. The van der Waals surface area contributed by atoms with Crippen LogP contribution in [0, 0.1) is 6.92 Å². The molecule has 0 N–H and O–H groups in total. The molecule has 0 aromatic carbocycles. The summed E-state index contributed by atoms with van der Waals surface area (Å²) in [6.07, 6.45) is 2.95. The third-order valence-corrected chi connectivity index (χ3v) is 3.05. The first-order valence-corrected chi connectivity index (χ1v) is 6.33. The largest absolute Gasteiger partial charge is 0.462 e. The average molecular weight is 279 g/mol. The number of esters is 1. The Kier molecular flexibility index (Phi) is 4.19. The number of hydrogen-bond donors (Lipinski definition) is 0. The molecular weight excluding hydrogens is 262 g/mol. The van der Waals surface area contributed by atoms with Gasteiger partial charge in [-0.3, -0.25) is 9.36 Å². The van der Waals surface area contributed by atoms with E-state index in [0.29, 0.717) is 29.8 Å². The first kappa shape index (κ1) is 14.3. The summed E-state index contributed by atoms with van der Waals surface area (Å²) in [4.78, 5) is 24.2. The van der Waals surface area contributed by atoms with Crippen LogP contribution < -0.4 is 5.56 Å². The molecule has 0 saturated carbocycles. The molecule has 2 aromatic heterocycles. The Morgan fingerprint density at radius 2 is 2.20 bits per heavy atom. The van der Waals surface area contributed by atoms with Crippen molar-refractivity contribution in [3.8, 4) is 0 Å². The zero-order valence-electron chi connectivity index (χ0n) is 11.8. The molecule has 0 unspecified atom stereocenters. The number of aryl methyl sites for hydroxylation is 1. The molecule has 20 heavy (non-hydrogen) atoms. The highest BCUT2D eigenvalue weighted by Gasteiger charge is 2.18. The molecule has 0 aliphatic heterocycles. The van der Waals surface area contributed by atoms with Gasteiger partial charge in [0.2, 0.25) is 0 Å². The predicted molar refractivity (Wildman–Crippen MR) is 72.0 cm³/mol. The third kappa shape index (κ3) is 2.44. The van der Waals surface area contributed by atoms with Gasteiger partial charge in [-0.15, -0.1) is 0 Å². The average Bonchev–Trinajstić information content (AvgIpc) is 2.76. The minimum Gasteiger partial charge on any atom is -0.462 e. The Hall–Kier alpha value is -2.15. The molecule has 2 rings (SSSR count). The van der Waals surface area contributed by atoms with E-state index in [1.54, 1.807) is 21.0 Å². The minimum absolute atomic E-state index is 0.204. The maximum Gasteiger partial charge on any atom is 0.340 e. The first-order chi connectivity index (χ1) is 9.60. The molecule has 7 nitrogen and oxygen atoms in total. The van der Waals surface area contributed by atoms with E-state index in [9.17, 15) is 9.59 Å². The number of hydrogen-bond acceptors (Lipinski definition) is 5. The molecule has 0 amide bonds. The third-order valence-electron chi connectivity index (χ3n) is 3.05. The van der Waals surface area contributed by atoms with Crippen LogP contribution >= 0.6 is 0 Å². The molecular formula is C13H17N3O4. The Labute approximate surface area is 115 Å². The van der Waals surface area contributed by atoms with Gasteiger partial charge in [0.05, 0.1) is 25.3 Å². The van der Waals surface area contributed by atoms with E-state index in [1.165, 1.54) is 21.6 Å². The van der Waals surface area contributed by atoms with Gasteiger partial charge in [0.25, 0.3) is 5.56 Å². The van der Waals surface area contributed by atoms with Crippen molar-refractivity contribution < 1.29 is 14.3 Å². The van der Waals surface area contributed by atoms with Crippen LogP contribution in [0.5, 0.6) is 0 Å². The zero-order chi connectivity index (χ0) is 14.7. The summed E-state index contributed by atoms with van der Waals surface area (Å²) in [7, 11) is 1.57. The van der Waals surface area contributed by atoms with Gasteiger partial charge in [-0.25, -0.2) is 9.31 Å². The van der Waals surface area contributed by atoms with Gasteiger partial charge in [-0.05, 0) is 19.4 Å². The van der Waals surface area contributed by atoms with Gasteiger partial charge in [-0.2, -0.15) is 5.10 Å². The molecule has 2 aromatic rings. The Morgan fingerprint density at radius 1 is 1.45 bits per heavy atom. The summed E-state index contributed by atoms with van der Waals surface area (Å²) in [6, 6.07) is 0. The smallest absolute Gasteiger partial charge is 0.340 e. The Balaban J connectivity index is 2.52. The van der Waals surface area contributed by atoms with Crippen molar-refractivity contribution in [2.24, 2.45) is 0 Å². The molecule has 0 spiro atoms. The SMILES string of the molecule is CCOC(=O)c1cn2ncn(CCOC)c(=O)c2c1C. The van der Waals surface area contributed by atoms with E-state index in [0.717, 1.165) is 0 Å². The van der Waals surface area contributed by atoms with Crippen LogP contribution in [0.2, 0.25) is 0 Å². The molecule has 7 heteroatoms. The van der Waals surface area contributed by atoms with Crippen molar-refractivity contribution in [1.29, 1.82) is 0 Å². The number of nitrogens with zero attached hydrogens (tertiary/aromatic N) is 3. The molecule has 0 aliphatic carbocycles. The van der Waals surface area contributed by atoms with Gasteiger partial charge in [0, 0.05) is 13.3 Å². The predicted octanol–water partition coefficient (Wildman–Crippen LogP) is 0.628. The van der Waals surface area contributed by atoms with E-state index < -0.39 is 5.97 Å². The van der Waals surface area contributed by atoms with Crippen molar-refractivity contribution in [2.75, 3.05) is 20.3 Å². The topological polar surface area (TPSA) is 74.8 Å². The quantitative estimate of drug-likeness (QED) is 0.750. The molecule has 2 heterocycles. The molecule has 0 radical (unpaired) electrons. The van der Waals surface area contributed by atoms with E-state index in [2.05, 4.69) is 5.10 Å². The van der Waals surface area contributed by atoms with Crippen molar-refractivity contribution >= 4 is 11.5 Å². The second kappa shape index (κ2) is 5.87. The lowest BCUT2D eigenvalue weighted by molar-refractivity contribution is 0.0525. The fourth-order valence-electron chi connectivity index (χ4n) is 2.00. The van der Waals surface area contributed by atoms with Crippen molar-refractivity contribution in [3.05, 3.63) is 34.0 Å². The van der Waals surface area contributed by atoms with Gasteiger partial charge in [0.15, 0.2) is 0 Å². The Morgan fingerprint density at radius 3 is 2.85 bits per heavy atom. The zero-order valence-corrected chi connectivity index (χ0v) is 11.8. The van der Waals surface area contributed by atoms with Gasteiger partial charge >= 0.3 is 5.97 Å². The van der Waals surface area contributed by atoms with Crippen LogP contribution in [-0.2, 0) is 16.0 Å². The van der Waals surface area contributed by atoms with E-state index in [4.69, 9.17) is 9.47 Å². The summed E-state index contributed by atoms with van der Waals surface area (Å²) in [6.45, 7) is 4.57. The number of fused-ring (bicyclic) bond motifs is 1. The fourth-order valence-corrected chi connectivity index (χ4v) is 2.00. The molecule has 0 fully saturated rings. The summed E-state index contributed by atoms with van der Waals surface area (Å²) < 4.78 is 12.8. The highest BCUT2D eigenvalue weighted by molar-refractivity contribution is 5.93. The van der Waals surface area contributed by atoms with Crippen LogP contribution in [0.4, 0.5) is 0 Å². The van der Waals surface area contributed by atoms with Gasteiger partial charge in [0.1, 0.15) is 11.8 Å². The second-order valence-electron chi connectivity index (χ2n) is 4.30. The molecule has 0 atom stereocenters. The van der Waals surface area contributed by atoms with Crippen LogP contribution in [0.25, 0.3) is 5.52 Å². The normalized spacial score (nSPS) is 10.9. The highest BCUT2D eigenvalue weighted by Crippen LogP contribution is 2.14. The molecule has 0 aliphatic rings. The number of ether oxygens (including phenoxy) is 2. The number of carbonyl (C=O) groups is 1. The summed E-state index contributed by atoms with van der Waals surface area (Å²) in [5, 5.41) is 4.14. The van der Waals surface area contributed by atoms with Crippen molar-refractivity contribution in [3.63, 3.8) is 0 Å². The monoisotopic (exact) mass is 279 g/mol. The molecule has 0 saturated heterocycles. The first-order valence-electron chi connectivity index (χ1n) is 6.33. The Bertz CT molecular complexity index is 687. The number of carbonyl (C=O) groups excluding carboxylic acids is 1. The minimum atomic E-state index is -0.446. The molecule has 108 valence electrons. The lowest BCUT2D eigenvalue weighted by Crippen LogP contribution is -2.24. The summed E-state index contributed by atoms with van der Waals surface area (Å²) in [5.74, 6) is -0.446. The second-order valence-corrected chi connectivity index (χ2v) is 4.30. The standard InChI is InChI=1S/C13H17N3O4/c1-4-20-13(18)10-7-16-11(9(10)2)12(17)15(8-14-16)5-6-19-3/h7-8H,4-6H2,1-3H3. The number of rotatable bonds is 5. The van der Waals surface area contributed by atoms with E-state index in [1.807, 2.05) is 0 Å². The summed E-state index contributed by atoms with van der Waals surface area (Å²) in [5.41, 5.74) is 1.12. The van der Waals surface area contributed by atoms with Gasteiger partial charge in [-0.1, -0.05) is 0 Å². The van der Waals surface area contributed by atoms with Gasteiger partial charge < -0.3 is 9.47 Å². The number of methoxy groups -OCH3 is 1. The molecule has 0 bridgehead atoms. The maximum atomic E-state index is 12.3. The van der Waals surface area contributed by atoms with Crippen LogP contribution in [0.1, 0.15) is 22.8 Å². The number of aromatic nitrogens is 3. The van der Waals surface area contributed by atoms with Crippen molar-refractivity contribution in [1.82, 2.24) is 14.2 Å². The maximum absolute atomic E-state index is 12.3. The van der Waals surface area contributed by atoms with Crippen LogP contribution in [0.3, 0.4) is 0 Å². The van der Waals surface area contributed by atoms with E-state index in [-0.39, 0.29) is 12.2 Å². The van der Waals surface area contributed by atoms with Crippen molar-refractivity contribution in [2.45, 2.75) is 20.4 Å². The van der Waals surface area contributed by atoms with E-state index >= 15 is 0 Å².